The number of nitrogens with zero attached hydrogens (tertiary/aromatic N) is 2. The number of anilines is 4. The molecule has 30 heavy (non-hydrogen) atoms. The van der Waals surface area contributed by atoms with Crippen LogP contribution in [0, 0.1) is 5.82 Å². The summed E-state index contributed by atoms with van der Waals surface area (Å²) < 4.78 is 59.6. The number of nitrogens with one attached hydrogen (secondary N) is 2. The fraction of sp³-hybridized carbons (Fsp3) is 0.238. The Morgan fingerprint density at radius 1 is 1.03 bits per heavy atom. The molecule has 0 saturated carbocycles. The van der Waals surface area contributed by atoms with Crippen LogP contribution in [0.2, 0.25) is 0 Å². The van der Waals surface area contributed by atoms with E-state index in [4.69, 9.17) is 4.74 Å². The molecule has 0 saturated heterocycles. The van der Waals surface area contributed by atoms with Crippen LogP contribution >= 0.6 is 0 Å². The van der Waals surface area contributed by atoms with Crippen LogP contribution in [0.25, 0.3) is 0 Å². The highest BCUT2D eigenvalue weighted by molar-refractivity contribution is 5.63. The zero-order valence-corrected chi connectivity index (χ0v) is 16.3. The van der Waals surface area contributed by atoms with Crippen molar-refractivity contribution >= 4 is 23.1 Å². The Morgan fingerprint density at radius 2 is 1.73 bits per heavy atom. The fourth-order valence-corrected chi connectivity index (χ4v) is 2.50. The number of benzene rings is 2. The van der Waals surface area contributed by atoms with Gasteiger partial charge in [0.1, 0.15) is 22.9 Å². The van der Waals surface area contributed by atoms with Crippen LogP contribution in [0.3, 0.4) is 0 Å². The smallest absolute Gasteiger partial charge is 0.421 e. The number of hydrogen-bond acceptors (Lipinski definition) is 5. The van der Waals surface area contributed by atoms with Gasteiger partial charge >= 0.3 is 6.18 Å². The zero-order valence-electron chi connectivity index (χ0n) is 16.3. The molecule has 1 unspecified atom stereocenters. The summed E-state index contributed by atoms with van der Waals surface area (Å²) in [6, 6.07) is 12.3. The highest BCUT2D eigenvalue weighted by Crippen LogP contribution is 2.35. The summed E-state index contributed by atoms with van der Waals surface area (Å²) in [7, 11) is 0. The quantitative estimate of drug-likeness (QED) is 0.440. The molecule has 0 amide bonds. The van der Waals surface area contributed by atoms with Crippen molar-refractivity contribution in [2.45, 2.75) is 32.5 Å². The van der Waals surface area contributed by atoms with Gasteiger partial charge in [0, 0.05) is 11.9 Å². The highest BCUT2D eigenvalue weighted by Gasteiger charge is 2.35. The van der Waals surface area contributed by atoms with Crippen LogP contribution in [-0.2, 0) is 6.18 Å². The second-order valence-electron chi connectivity index (χ2n) is 6.54. The number of ether oxygens (including phenoxy) is 1. The van der Waals surface area contributed by atoms with Gasteiger partial charge < -0.3 is 15.4 Å². The molecule has 2 N–H and O–H groups in total. The third-order valence-electron chi connectivity index (χ3n) is 4.24. The van der Waals surface area contributed by atoms with E-state index in [-0.39, 0.29) is 17.7 Å². The number of rotatable bonds is 7. The van der Waals surface area contributed by atoms with Gasteiger partial charge in [-0.1, -0.05) is 19.1 Å². The summed E-state index contributed by atoms with van der Waals surface area (Å²) in [5.41, 5.74) is -0.670. The van der Waals surface area contributed by atoms with E-state index in [9.17, 15) is 17.6 Å². The van der Waals surface area contributed by atoms with Gasteiger partial charge in [0.25, 0.3) is 0 Å². The normalized spacial score (nSPS) is 12.3. The molecule has 3 rings (SSSR count). The molecule has 1 atom stereocenters. The topological polar surface area (TPSA) is 59.1 Å². The summed E-state index contributed by atoms with van der Waals surface area (Å²) in [5.74, 6) is -0.653. The summed E-state index contributed by atoms with van der Waals surface area (Å²) in [6.07, 6.45) is -3.13. The molecule has 5 nitrogen and oxygen atoms in total. The zero-order chi connectivity index (χ0) is 21.7. The summed E-state index contributed by atoms with van der Waals surface area (Å²) in [6.45, 7) is 3.96. The third kappa shape index (κ3) is 5.37. The molecule has 9 heteroatoms. The Bertz CT molecular complexity index is 993. The van der Waals surface area contributed by atoms with Gasteiger partial charge in [-0.15, -0.1) is 0 Å². The molecule has 0 bridgehead atoms. The van der Waals surface area contributed by atoms with Gasteiger partial charge in [-0.3, -0.25) is 0 Å². The predicted octanol–water partition coefficient (Wildman–Crippen LogP) is 6.30. The molecule has 1 aromatic heterocycles. The molecule has 0 fully saturated rings. The minimum absolute atomic E-state index is 0.0640. The predicted molar refractivity (Wildman–Crippen MR) is 107 cm³/mol. The number of hydrogen-bond donors (Lipinski definition) is 2. The Labute approximate surface area is 171 Å². The molecule has 3 aromatic rings. The Balaban J connectivity index is 1.85. The lowest BCUT2D eigenvalue weighted by molar-refractivity contribution is -0.137. The van der Waals surface area contributed by atoms with Crippen LogP contribution < -0.4 is 15.4 Å². The first-order chi connectivity index (χ1) is 14.3. The molecule has 0 radical (unpaired) electrons. The molecule has 0 aliphatic rings. The van der Waals surface area contributed by atoms with E-state index in [1.54, 1.807) is 24.3 Å². The number of alkyl halides is 3. The van der Waals surface area contributed by atoms with E-state index >= 15 is 0 Å². The van der Waals surface area contributed by atoms with Crippen molar-refractivity contribution in [3.63, 3.8) is 0 Å². The minimum Gasteiger partial charge on any atom is -0.491 e. The maximum Gasteiger partial charge on any atom is 0.421 e. The van der Waals surface area contributed by atoms with Crippen LogP contribution in [0.4, 0.5) is 40.7 Å². The molecule has 0 aliphatic heterocycles. The lowest BCUT2D eigenvalue weighted by Gasteiger charge is -2.15. The fourth-order valence-electron chi connectivity index (χ4n) is 2.50. The first kappa shape index (κ1) is 21.4. The van der Waals surface area contributed by atoms with Gasteiger partial charge in [-0.25, -0.2) is 9.37 Å². The Hall–Kier alpha value is -3.36. The third-order valence-corrected chi connectivity index (χ3v) is 4.24. The molecule has 158 valence electrons. The van der Waals surface area contributed by atoms with Crippen LogP contribution in [0.15, 0.2) is 54.7 Å². The largest absolute Gasteiger partial charge is 0.491 e. The number of para-hydroxylation sites is 1. The van der Waals surface area contributed by atoms with Crippen molar-refractivity contribution in [1.29, 1.82) is 0 Å². The van der Waals surface area contributed by atoms with E-state index in [1.165, 1.54) is 18.2 Å². The van der Waals surface area contributed by atoms with Crippen molar-refractivity contribution < 1.29 is 22.3 Å². The first-order valence-corrected chi connectivity index (χ1v) is 9.25. The van der Waals surface area contributed by atoms with Crippen LogP contribution in [0.1, 0.15) is 25.8 Å². The average Bonchev–Trinajstić information content (AvgIpc) is 2.70. The molecular weight excluding hydrogens is 400 g/mol. The standard InChI is InChI=1S/C21H20F4N4O/c1-3-13(2)30-15-10-8-14(9-11-15)27-20-26-12-16(21(23,24)25)19(29-20)28-18-7-5-4-6-17(18)22/h4-13H,3H2,1-2H3,(H2,26,27,28,29). The second-order valence-corrected chi connectivity index (χ2v) is 6.54. The first-order valence-electron chi connectivity index (χ1n) is 9.25. The maximum absolute atomic E-state index is 13.9. The van der Waals surface area contributed by atoms with Crippen molar-refractivity contribution in [3.05, 3.63) is 66.1 Å². The van der Waals surface area contributed by atoms with Gasteiger partial charge in [0.15, 0.2) is 0 Å². The van der Waals surface area contributed by atoms with Crippen molar-refractivity contribution in [1.82, 2.24) is 9.97 Å². The number of aromatic nitrogens is 2. The minimum atomic E-state index is -4.71. The summed E-state index contributed by atoms with van der Waals surface area (Å²) >= 11 is 0. The molecule has 0 aliphatic carbocycles. The SMILES string of the molecule is CCC(C)Oc1ccc(Nc2ncc(C(F)(F)F)c(Nc3ccccc3F)n2)cc1. The Kier molecular flexibility index (Phi) is 6.39. The Morgan fingerprint density at radius 3 is 2.37 bits per heavy atom. The molecule has 0 spiro atoms. The van der Waals surface area contributed by atoms with E-state index in [0.717, 1.165) is 12.5 Å². The second kappa shape index (κ2) is 8.98. The van der Waals surface area contributed by atoms with Crippen molar-refractivity contribution in [3.8, 4) is 5.75 Å². The van der Waals surface area contributed by atoms with Crippen LogP contribution in [0.5, 0.6) is 5.75 Å². The monoisotopic (exact) mass is 420 g/mol. The van der Waals surface area contributed by atoms with E-state index in [0.29, 0.717) is 17.6 Å². The van der Waals surface area contributed by atoms with E-state index in [1.807, 2.05) is 13.8 Å². The lowest BCUT2D eigenvalue weighted by atomic mass is 10.2. The van der Waals surface area contributed by atoms with Crippen molar-refractivity contribution in [2.24, 2.45) is 0 Å². The van der Waals surface area contributed by atoms with Gasteiger partial charge in [-0.2, -0.15) is 18.2 Å². The van der Waals surface area contributed by atoms with Crippen LogP contribution in [-0.4, -0.2) is 16.1 Å². The average molecular weight is 420 g/mol. The van der Waals surface area contributed by atoms with Gasteiger partial charge in [0.05, 0.1) is 11.8 Å². The van der Waals surface area contributed by atoms with Gasteiger partial charge in [0.2, 0.25) is 5.95 Å². The summed E-state index contributed by atoms with van der Waals surface area (Å²) in [4.78, 5) is 7.65. The number of halogens is 4. The molecule has 1 heterocycles. The highest BCUT2D eigenvalue weighted by atomic mass is 19.4. The lowest BCUT2D eigenvalue weighted by Crippen LogP contribution is -2.13. The van der Waals surface area contributed by atoms with Gasteiger partial charge in [-0.05, 0) is 49.7 Å². The maximum atomic E-state index is 13.9. The molecular formula is C21H20F4N4O. The van der Waals surface area contributed by atoms with E-state index < -0.39 is 23.4 Å². The van der Waals surface area contributed by atoms with Crippen molar-refractivity contribution in [2.75, 3.05) is 10.6 Å². The summed E-state index contributed by atoms with van der Waals surface area (Å²) in [5, 5.41) is 5.24. The van der Waals surface area contributed by atoms with E-state index in [2.05, 4.69) is 20.6 Å². The molecule has 2 aromatic carbocycles.